The molecule has 0 aliphatic carbocycles. The number of rotatable bonds is 3. The second-order valence-electron chi connectivity index (χ2n) is 7.04. The van der Waals surface area contributed by atoms with Gasteiger partial charge in [0.05, 0.1) is 6.04 Å². The maximum Gasteiger partial charge on any atom is 0.123 e. The largest absolute Gasteiger partial charge is 0.508 e. The van der Waals surface area contributed by atoms with Crippen LogP contribution in [-0.4, -0.2) is 21.1 Å². The molecule has 26 heavy (non-hydrogen) atoms. The van der Waals surface area contributed by atoms with E-state index < -0.39 is 0 Å². The van der Waals surface area contributed by atoms with Gasteiger partial charge in [-0.2, -0.15) is 0 Å². The predicted octanol–water partition coefficient (Wildman–Crippen LogP) is 4.64. The van der Waals surface area contributed by atoms with Crippen LogP contribution in [0.15, 0.2) is 60.8 Å². The number of nitrogens with zero attached hydrogens (tertiary/aromatic N) is 2. The van der Waals surface area contributed by atoms with Crippen molar-refractivity contribution in [3.8, 4) is 5.75 Å². The quantitative estimate of drug-likeness (QED) is 0.746. The van der Waals surface area contributed by atoms with Gasteiger partial charge in [-0.1, -0.05) is 29.8 Å². The average molecular weight is 350 g/mol. The average Bonchev–Trinajstić information content (AvgIpc) is 3.01. The SMILES string of the molecule is Cc1ccc(O)c(CN2CCCn3cccc3[C@@H]2c2ccc(F)cc2)c1. The maximum absolute atomic E-state index is 13.5. The summed E-state index contributed by atoms with van der Waals surface area (Å²) in [5.41, 5.74) is 4.34. The molecular formula is C22H23FN2O. The number of aromatic hydroxyl groups is 1. The molecule has 2 aromatic carbocycles. The number of phenols is 1. The molecule has 134 valence electrons. The maximum atomic E-state index is 13.5. The minimum atomic E-state index is -0.222. The van der Waals surface area contributed by atoms with Crippen molar-refractivity contribution in [3.05, 3.63) is 89.0 Å². The van der Waals surface area contributed by atoms with E-state index in [1.807, 2.05) is 31.2 Å². The van der Waals surface area contributed by atoms with Gasteiger partial charge in [-0.3, -0.25) is 4.90 Å². The predicted molar refractivity (Wildman–Crippen MR) is 101 cm³/mol. The van der Waals surface area contributed by atoms with E-state index in [1.165, 1.54) is 17.8 Å². The van der Waals surface area contributed by atoms with E-state index in [4.69, 9.17) is 0 Å². The third kappa shape index (κ3) is 3.25. The fraction of sp³-hybridized carbons (Fsp3) is 0.273. The molecule has 2 heterocycles. The Labute approximate surface area is 153 Å². The smallest absolute Gasteiger partial charge is 0.123 e. The normalized spacial score (nSPS) is 17.7. The Morgan fingerprint density at radius 3 is 2.69 bits per heavy atom. The third-order valence-electron chi connectivity index (χ3n) is 5.15. The van der Waals surface area contributed by atoms with Crippen LogP contribution in [0.2, 0.25) is 0 Å². The van der Waals surface area contributed by atoms with Crippen LogP contribution >= 0.6 is 0 Å². The second kappa shape index (κ2) is 6.96. The molecule has 3 aromatic rings. The highest BCUT2D eigenvalue weighted by molar-refractivity contribution is 5.37. The number of hydrogen-bond donors (Lipinski definition) is 1. The lowest BCUT2D eigenvalue weighted by Crippen LogP contribution is -2.29. The van der Waals surface area contributed by atoms with Gasteiger partial charge in [-0.15, -0.1) is 0 Å². The Balaban J connectivity index is 1.75. The van der Waals surface area contributed by atoms with Crippen molar-refractivity contribution in [3.63, 3.8) is 0 Å². The fourth-order valence-corrected chi connectivity index (χ4v) is 3.90. The zero-order valence-corrected chi connectivity index (χ0v) is 14.9. The van der Waals surface area contributed by atoms with Crippen molar-refractivity contribution in [1.29, 1.82) is 0 Å². The van der Waals surface area contributed by atoms with Crippen molar-refractivity contribution >= 4 is 0 Å². The lowest BCUT2D eigenvalue weighted by molar-refractivity contribution is 0.217. The molecule has 0 spiro atoms. The van der Waals surface area contributed by atoms with Crippen molar-refractivity contribution < 1.29 is 9.50 Å². The molecule has 0 saturated carbocycles. The van der Waals surface area contributed by atoms with E-state index in [2.05, 4.69) is 27.8 Å². The van der Waals surface area contributed by atoms with Gasteiger partial charge in [0.2, 0.25) is 0 Å². The molecule has 4 rings (SSSR count). The first kappa shape index (κ1) is 16.9. The van der Waals surface area contributed by atoms with E-state index in [1.54, 1.807) is 6.07 Å². The number of hydrogen-bond acceptors (Lipinski definition) is 2. The first-order valence-corrected chi connectivity index (χ1v) is 9.05. The molecule has 1 atom stereocenters. The fourth-order valence-electron chi connectivity index (χ4n) is 3.90. The van der Waals surface area contributed by atoms with Gasteiger partial charge in [0.15, 0.2) is 0 Å². The standard InChI is InChI=1S/C22H23FN2O/c1-16-5-10-21(26)18(14-16)15-25-13-3-12-24-11-2-4-20(24)22(25)17-6-8-19(23)9-7-17/h2,4-11,14,22,26H,3,12-13,15H2,1H3/t22-/m0/s1. The third-order valence-corrected chi connectivity index (χ3v) is 5.15. The van der Waals surface area contributed by atoms with Crippen LogP contribution < -0.4 is 0 Å². The summed E-state index contributed by atoms with van der Waals surface area (Å²) in [5, 5.41) is 10.3. The highest BCUT2D eigenvalue weighted by Crippen LogP contribution is 2.34. The Morgan fingerprint density at radius 1 is 1.08 bits per heavy atom. The summed E-state index contributed by atoms with van der Waals surface area (Å²) in [5.74, 6) is 0.105. The molecule has 1 aliphatic heterocycles. The lowest BCUT2D eigenvalue weighted by atomic mass is 10.0. The van der Waals surface area contributed by atoms with Crippen LogP contribution in [0.4, 0.5) is 4.39 Å². The van der Waals surface area contributed by atoms with Crippen molar-refractivity contribution in [1.82, 2.24) is 9.47 Å². The number of fused-ring (bicyclic) bond motifs is 1. The van der Waals surface area contributed by atoms with Crippen LogP contribution in [0.1, 0.15) is 34.8 Å². The monoisotopic (exact) mass is 350 g/mol. The van der Waals surface area contributed by atoms with Gasteiger partial charge in [0.1, 0.15) is 11.6 Å². The Hall–Kier alpha value is -2.59. The minimum Gasteiger partial charge on any atom is -0.508 e. The number of aryl methyl sites for hydroxylation is 2. The molecule has 4 heteroatoms. The molecule has 1 aliphatic rings. The molecule has 1 aromatic heterocycles. The van der Waals surface area contributed by atoms with Gasteiger partial charge < -0.3 is 9.67 Å². The number of halogens is 1. The van der Waals surface area contributed by atoms with E-state index in [9.17, 15) is 9.50 Å². The lowest BCUT2D eigenvalue weighted by Gasteiger charge is -2.31. The van der Waals surface area contributed by atoms with E-state index in [0.717, 1.165) is 36.2 Å². The molecule has 0 radical (unpaired) electrons. The van der Waals surface area contributed by atoms with Crippen LogP contribution in [-0.2, 0) is 13.1 Å². The molecule has 0 saturated heterocycles. The molecular weight excluding hydrogens is 327 g/mol. The van der Waals surface area contributed by atoms with E-state index in [-0.39, 0.29) is 11.9 Å². The summed E-state index contributed by atoms with van der Waals surface area (Å²) in [4.78, 5) is 2.38. The number of benzene rings is 2. The summed E-state index contributed by atoms with van der Waals surface area (Å²) < 4.78 is 15.7. The Morgan fingerprint density at radius 2 is 1.88 bits per heavy atom. The summed E-state index contributed by atoms with van der Waals surface area (Å²) in [6, 6.07) is 16.8. The van der Waals surface area contributed by atoms with Crippen molar-refractivity contribution in [2.45, 2.75) is 32.5 Å². The van der Waals surface area contributed by atoms with Crippen molar-refractivity contribution in [2.75, 3.05) is 6.54 Å². The Kier molecular flexibility index (Phi) is 4.51. The molecule has 1 N–H and O–H groups in total. The van der Waals surface area contributed by atoms with E-state index in [0.29, 0.717) is 12.3 Å². The molecule has 0 fully saturated rings. The van der Waals surface area contributed by atoms with Gasteiger partial charge in [-0.05, 0) is 49.2 Å². The van der Waals surface area contributed by atoms with Crippen LogP contribution in [0.3, 0.4) is 0 Å². The van der Waals surface area contributed by atoms with E-state index >= 15 is 0 Å². The van der Waals surface area contributed by atoms with Crippen molar-refractivity contribution in [2.24, 2.45) is 0 Å². The Bertz CT molecular complexity index is 901. The first-order chi connectivity index (χ1) is 12.6. The molecule has 0 amide bonds. The van der Waals surface area contributed by atoms with Crippen LogP contribution in [0, 0.1) is 12.7 Å². The van der Waals surface area contributed by atoms with Gasteiger partial charge in [0.25, 0.3) is 0 Å². The van der Waals surface area contributed by atoms with Crippen LogP contribution in [0.5, 0.6) is 5.75 Å². The zero-order chi connectivity index (χ0) is 18.1. The van der Waals surface area contributed by atoms with Gasteiger partial charge in [-0.25, -0.2) is 4.39 Å². The summed E-state index contributed by atoms with van der Waals surface area (Å²) in [6.07, 6.45) is 3.14. The minimum absolute atomic E-state index is 0.0352. The van der Waals surface area contributed by atoms with Gasteiger partial charge >= 0.3 is 0 Å². The molecule has 3 nitrogen and oxygen atoms in total. The molecule has 0 unspecified atom stereocenters. The summed E-state index contributed by atoms with van der Waals surface area (Å²) in [7, 11) is 0. The zero-order valence-electron chi connectivity index (χ0n) is 14.9. The van der Waals surface area contributed by atoms with Gasteiger partial charge in [0, 0.05) is 37.1 Å². The summed E-state index contributed by atoms with van der Waals surface area (Å²) >= 11 is 0. The second-order valence-corrected chi connectivity index (χ2v) is 7.04. The highest BCUT2D eigenvalue weighted by Gasteiger charge is 2.27. The topological polar surface area (TPSA) is 28.4 Å². The highest BCUT2D eigenvalue weighted by atomic mass is 19.1. The summed E-state index contributed by atoms with van der Waals surface area (Å²) in [6.45, 7) is 4.57. The van der Waals surface area contributed by atoms with Crippen LogP contribution in [0.25, 0.3) is 0 Å². The number of phenolic OH excluding ortho intramolecular Hbond substituents is 1. The number of aromatic nitrogens is 1. The molecule has 0 bridgehead atoms. The first-order valence-electron chi connectivity index (χ1n) is 9.05.